The molecule has 0 aliphatic carbocycles. The molecule has 0 spiro atoms. The average molecular weight is 162 g/mol. The van der Waals surface area contributed by atoms with E-state index in [1.54, 1.807) is 18.2 Å². The molecule has 0 fully saturated rings. The Labute approximate surface area is 68.0 Å². The Hall–Kier alpha value is -1.84. The number of para-hydroxylation sites is 1. The number of nitrogen functional groups attached to an aromatic ring is 1. The second-order valence-corrected chi connectivity index (χ2v) is 2.37. The van der Waals surface area contributed by atoms with Crippen LogP contribution in [0.4, 0.5) is 6.01 Å². The minimum absolute atomic E-state index is 0.0827. The average Bonchev–Trinajstić information content (AvgIpc) is 2.44. The van der Waals surface area contributed by atoms with Crippen LogP contribution in [0.3, 0.4) is 0 Å². The number of carbonyl (C=O) groups excluding carboxylic acids is 1. The number of oxazole rings is 1. The number of hydrogen-bond acceptors (Lipinski definition) is 4. The van der Waals surface area contributed by atoms with E-state index >= 15 is 0 Å². The molecular weight excluding hydrogens is 156 g/mol. The minimum atomic E-state index is 0.0827. The Kier molecular flexibility index (Phi) is 1.33. The van der Waals surface area contributed by atoms with Crippen LogP contribution in [0.15, 0.2) is 22.6 Å². The number of aromatic nitrogens is 1. The summed E-state index contributed by atoms with van der Waals surface area (Å²) in [6.45, 7) is 0. The van der Waals surface area contributed by atoms with Gasteiger partial charge in [0, 0.05) is 0 Å². The van der Waals surface area contributed by atoms with Crippen LogP contribution in [0.5, 0.6) is 0 Å². The number of nitrogens with two attached hydrogens (primary N) is 1. The van der Waals surface area contributed by atoms with Gasteiger partial charge in [0.15, 0.2) is 11.9 Å². The van der Waals surface area contributed by atoms with Gasteiger partial charge in [0.2, 0.25) is 0 Å². The normalized spacial score (nSPS) is 10.3. The van der Waals surface area contributed by atoms with Crippen molar-refractivity contribution in [2.45, 2.75) is 0 Å². The highest BCUT2D eigenvalue weighted by atomic mass is 16.4. The van der Waals surface area contributed by atoms with Gasteiger partial charge in [-0.2, -0.15) is 4.98 Å². The van der Waals surface area contributed by atoms with E-state index in [0.29, 0.717) is 22.9 Å². The third-order valence-corrected chi connectivity index (χ3v) is 1.59. The zero-order chi connectivity index (χ0) is 8.55. The smallest absolute Gasteiger partial charge is 0.293 e. The molecule has 0 radical (unpaired) electrons. The fraction of sp³-hybridized carbons (Fsp3) is 0. The largest absolute Gasteiger partial charge is 0.423 e. The first-order chi connectivity index (χ1) is 5.81. The van der Waals surface area contributed by atoms with Gasteiger partial charge < -0.3 is 10.2 Å². The first-order valence-electron chi connectivity index (χ1n) is 3.41. The van der Waals surface area contributed by atoms with Gasteiger partial charge >= 0.3 is 0 Å². The Morgan fingerprint density at radius 3 is 3.08 bits per heavy atom. The number of aldehydes is 1. The van der Waals surface area contributed by atoms with Crippen molar-refractivity contribution in [1.29, 1.82) is 0 Å². The Balaban J connectivity index is 2.86. The molecule has 1 aromatic carbocycles. The van der Waals surface area contributed by atoms with Crippen LogP contribution in [-0.4, -0.2) is 11.3 Å². The molecule has 0 aliphatic rings. The molecule has 4 nitrogen and oxygen atoms in total. The number of fused-ring (bicyclic) bond motifs is 1. The van der Waals surface area contributed by atoms with E-state index in [9.17, 15) is 4.79 Å². The van der Waals surface area contributed by atoms with Crippen molar-refractivity contribution < 1.29 is 9.21 Å². The van der Waals surface area contributed by atoms with Crippen LogP contribution in [-0.2, 0) is 0 Å². The predicted molar refractivity (Wildman–Crippen MR) is 43.8 cm³/mol. The monoisotopic (exact) mass is 162 g/mol. The molecule has 60 valence electrons. The zero-order valence-corrected chi connectivity index (χ0v) is 6.15. The summed E-state index contributed by atoms with van der Waals surface area (Å²) in [5.41, 5.74) is 6.85. The minimum Gasteiger partial charge on any atom is -0.423 e. The fourth-order valence-electron chi connectivity index (χ4n) is 1.08. The summed E-state index contributed by atoms with van der Waals surface area (Å²) >= 11 is 0. The van der Waals surface area contributed by atoms with E-state index < -0.39 is 0 Å². The van der Waals surface area contributed by atoms with E-state index in [2.05, 4.69) is 4.98 Å². The van der Waals surface area contributed by atoms with E-state index in [-0.39, 0.29) is 6.01 Å². The van der Waals surface area contributed by atoms with Crippen molar-refractivity contribution in [2.75, 3.05) is 5.73 Å². The molecule has 0 aliphatic heterocycles. The molecular formula is C8H6N2O2. The van der Waals surface area contributed by atoms with Crippen molar-refractivity contribution in [2.24, 2.45) is 0 Å². The summed E-state index contributed by atoms with van der Waals surface area (Å²) in [6, 6.07) is 5.20. The topological polar surface area (TPSA) is 69.1 Å². The van der Waals surface area contributed by atoms with Gasteiger partial charge in [0.25, 0.3) is 6.01 Å². The van der Waals surface area contributed by atoms with Gasteiger partial charge in [-0.3, -0.25) is 4.79 Å². The molecule has 4 heteroatoms. The van der Waals surface area contributed by atoms with Gasteiger partial charge in [0.1, 0.15) is 5.52 Å². The second-order valence-electron chi connectivity index (χ2n) is 2.37. The molecule has 0 saturated heterocycles. The van der Waals surface area contributed by atoms with Crippen LogP contribution in [0.25, 0.3) is 11.1 Å². The van der Waals surface area contributed by atoms with Crippen LogP contribution in [0.2, 0.25) is 0 Å². The van der Waals surface area contributed by atoms with E-state index in [1.807, 2.05) is 0 Å². The van der Waals surface area contributed by atoms with E-state index in [4.69, 9.17) is 10.2 Å². The second kappa shape index (κ2) is 2.34. The first-order valence-corrected chi connectivity index (χ1v) is 3.41. The Morgan fingerprint density at radius 1 is 1.50 bits per heavy atom. The lowest BCUT2D eigenvalue weighted by Gasteiger charge is -1.88. The highest BCUT2D eigenvalue weighted by molar-refractivity contribution is 5.93. The molecule has 12 heavy (non-hydrogen) atoms. The maximum atomic E-state index is 10.5. The highest BCUT2D eigenvalue weighted by Crippen LogP contribution is 2.19. The van der Waals surface area contributed by atoms with Crippen LogP contribution >= 0.6 is 0 Å². The van der Waals surface area contributed by atoms with E-state index in [0.717, 1.165) is 0 Å². The van der Waals surface area contributed by atoms with Gasteiger partial charge in [-0.05, 0) is 12.1 Å². The number of anilines is 1. The highest BCUT2D eigenvalue weighted by Gasteiger charge is 2.05. The standard InChI is InChI=1S/C8H6N2O2/c9-8-10-6-3-1-2-5(4-11)7(6)12-8/h1-4H,(H2,9,10). The number of carbonyl (C=O) groups is 1. The third-order valence-electron chi connectivity index (χ3n) is 1.59. The molecule has 2 aromatic rings. The van der Waals surface area contributed by atoms with Gasteiger partial charge in [-0.15, -0.1) is 0 Å². The SMILES string of the molecule is Nc1nc2cccc(C=O)c2o1. The number of benzene rings is 1. The molecule has 1 heterocycles. The van der Waals surface area contributed by atoms with Gasteiger partial charge in [0.05, 0.1) is 5.56 Å². The Morgan fingerprint density at radius 2 is 2.33 bits per heavy atom. The van der Waals surface area contributed by atoms with Crippen LogP contribution in [0.1, 0.15) is 10.4 Å². The lowest BCUT2D eigenvalue weighted by atomic mass is 10.2. The van der Waals surface area contributed by atoms with Crippen molar-refractivity contribution in [3.8, 4) is 0 Å². The lowest BCUT2D eigenvalue weighted by molar-refractivity contribution is 0.112. The third kappa shape index (κ3) is 0.852. The van der Waals surface area contributed by atoms with Crippen LogP contribution < -0.4 is 5.73 Å². The molecule has 0 amide bonds. The van der Waals surface area contributed by atoms with Crippen molar-refractivity contribution in [1.82, 2.24) is 4.98 Å². The predicted octanol–water partition coefficient (Wildman–Crippen LogP) is 1.22. The van der Waals surface area contributed by atoms with Crippen molar-refractivity contribution in [3.05, 3.63) is 23.8 Å². The first kappa shape index (κ1) is 6.84. The molecule has 2 N–H and O–H groups in total. The summed E-state index contributed by atoms with van der Waals surface area (Å²) < 4.78 is 5.03. The maximum Gasteiger partial charge on any atom is 0.293 e. The quantitative estimate of drug-likeness (QED) is 0.640. The number of hydrogen-bond donors (Lipinski definition) is 1. The molecule has 2 rings (SSSR count). The summed E-state index contributed by atoms with van der Waals surface area (Å²) in [5, 5.41) is 0. The van der Waals surface area contributed by atoms with Crippen molar-refractivity contribution >= 4 is 23.4 Å². The zero-order valence-electron chi connectivity index (χ0n) is 6.15. The summed E-state index contributed by atoms with van der Waals surface area (Å²) in [6.07, 6.45) is 0.715. The molecule has 0 atom stereocenters. The number of rotatable bonds is 1. The van der Waals surface area contributed by atoms with Gasteiger partial charge in [-0.25, -0.2) is 0 Å². The molecule has 0 saturated carbocycles. The lowest BCUT2D eigenvalue weighted by Crippen LogP contribution is -1.80. The Bertz CT molecular complexity index is 434. The summed E-state index contributed by atoms with van der Waals surface area (Å²) in [5.74, 6) is 0. The molecule has 0 unspecified atom stereocenters. The van der Waals surface area contributed by atoms with E-state index in [1.165, 1.54) is 0 Å². The van der Waals surface area contributed by atoms with Crippen molar-refractivity contribution in [3.63, 3.8) is 0 Å². The maximum absolute atomic E-state index is 10.5. The summed E-state index contributed by atoms with van der Waals surface area (Å²) in [4.78, 5) is 14.4. The van der Waals surface area contributed by atoms with Gasteiger partial charge in [-0.1, -0.05) is 6.07 Å². The van der Waals surface area contributed by atoms with Crippen LogP contribution in [0, 0.1) is 0 Å². The molecule has 0 bridgehead atoms. The fourth-order valence-corrected chi connectivity index (χ4v) is 1.08. The summed E-state index contributed by atoms with van der Waals surface area (Å²) in [7, 11) is 0. The number of nitrogens with zero attached hydrogens (tertiary/aromatic N) is 1. The molecule has 1 aromatic heterocycles.